The monoisotopic (exact) mass is 202 g/mol. The van der Waals surface area contributed by atoms with E-state index in [0.29, 0.717) is 0 Å². The van der Waals surface area contributed by atoms with Crippen molar-refractivity contribution < 1.29 is 0 Å². The molecule has 0 aromatic heterocycles. The molecule has 1 aliphatic carbocycles. The summed E-state index contributed by atoms with van der Waals surface area (Å²) in [6.45, 7) is 7.16. The van der Waals surface area contributed by atoms with Crippen LogP contribution < -0.4 is 0 Å². The van der Waals surface area contributed by atoms with Gasteiger partial charge in [-0.25, -0.2) is 0 Å². The van der Waals surface area contributed by atoms with E-state index in [0.717, 1.165) is 23.7 Å². The molecule has 1 aliphatic rings. The van der Waals surface area contributed by atoms with Crippen molar-refractivity contribution in [2.24, 2.45) is 17.8 Å². The molecule has 15 heavy (non-hydrogen) atoms. The van der Waals surface area contributed by atoms with Crippen molar-refractivity contribution in [2.75, 3.05) is 0 Å². The van der Waals surface area contributed by atoms with Gasteiger partial charge in [-0.3, -0.25) is 0 Å². The summed E-state index contributed by atoms with van der Waals surface area (Å²) < 4.78 is 0. The largest absolute Gasteiger partial charge is 0.0625 e. The Morgan fingerprint density at radius 1 is 1.07 bits per heavy atom. The van der Waals surface area contributed by atoms with E-state index >= 15 is 0 Å². The molecule has 1 aromatic carbocycles. The van der Waals surface area contributed by atoms with Crippen LogP contribution in [0.15, 0.2) is 30.3 Å². The van der Waals surface area contributed by atoms with Gasteiger partial charge in [0.1, 0.15) is 0 Å². The third-order valence-corrected chi connectivity index (χ3v) is 4.07. The summed E-state index contributed by atoms with van der Waals surface area (Å²) in [5.41, 5.74) is 1.55. The molecule has 0 heteroatoms. The Kier molecular flexibility index (Phi) is 3.14. The Morgan fingerprint density at radius 3 is 2.27 bits per heavy atom. The Morgan fingerprint density at radius 2 is 1.73 bits per heavy atom. The fourth-order valence-corrected chi connectivity index (χ4v) is 3.21. The third-order valence-electron chi connectivity index (χ3n) is 4.07. The molecule has 3 unspecified atom stereocenters. The summed E-state index contributed by atoms with van der Waals surface area (Å²) in [5.74, 6) is 3.48. The Bertz CT molecular complexity index is 299. The van der Waals surface area contributed by atoms with Crippen LogP contribution in [0.1, 0.15) is 45.1 Å². The zero-order chi connectivity index (χ0) is 10.8. The lowest BCUT2D eigenvalue weighted by atomic mass is 9.87. The first-order chi connectivity index (χ1) is 7.18. The van der Waals surface area contributed by atoms with Gasteiger partial charge in [-0.15, -0.1) is 0 Å². The summed E-state index contributed by atoms with van der Waals surface area (Å²) >= 11 is 0. The standard InChI is InChI=1S/C15H22/c1-11(2)15-10-14(9-12(15)3)13-7-5-4-6-8-13/h4-8,11-12,14-15H,9-10H2,1-3H3. The molecule has 1 saturated carbocycles. The predicted octanol–water partition coefficient (Wildman–Crippen LogP) is 4.47. The zero-order valence-electron chi connectivity index (χ0n) is 10.1. The van der Waals surface area contributed by atoms with Crippen LogP contribution in [0.25, 0.3) is 0 Å². The van der Waals surface area contributed by atoms with Crippen LogP contribution in [-0.2, 0) is 0 Å². The van der Waals surface area contributed by atoms with Gasteiger partial charge in [0.2, 0.25) is 0 Å². The van der Waals surface area contributed by atoms with Crippen molar-refractivity contribution in [2.45, 2.75) is 39.5 Å². The fourth-order valence-electron chi connectivity index (χ4n) is 3.21. The van der Waals surface area contributed by atoms with Crippen LogP contribution in [0.5, 0.6) is 0 Å². The molecule has 0 amide bonds. The van der Waals surface area contributed by atoms with Gasteiger partial charge in [0, 0.05) is 0 Å². The zero-order valence-corrected chi connectivity index (χ0v) is 10.1. The Balaban J connectivity index is 2.09. The van der Waals surface area contributed by atoms with E-state index in [2.05, 4.69) is 51.1 Å². The Labute approximate surface area is 93.7 Å². The maximum atomic E-state index is 2.42. The van der Waals surface area contributed by atoms with E-state index in [-0.39, 0.29) is 0 Å². The van der Waals surface area contributed by atoms with Crippen molar-refractivity contribution in [3.63, 3.8) is 0 Å². The van der Waals surface area contributed by atoms with Crippen molar-refractivity contribution in [1.29, 1.82) is 0 Å². The van der Waals surface area contributed by atoms with Gasteiger partial charge in [0.05, 0.1) is 0 Å². The minimum atomic E-state index is 0.814. The van der Waals surface area contributed by atoms with E-state index < -0.39 is 0 Å². The van der Waals surface area contributed by atoms with Gasteiger partial charge in [-0.1, -0.05) is 51.1 Å². The third kappa shape index (κ3) is 2.25. The molecule has 0 aliphatic heterocycles. The van der Waals surface area contributed by atoms with Gasteiger partial charge in [0.15, 0.2) is 0 Å². The SMILES string of the molecule is CC(C)C1CC(c2ccccc2)CC1C. The van der Waals surface area contributed by atoms with Crippen LogP contribution in [0.4, 0.5) is 0 Å². The van der Waals surface area contributed by atoms with Crippen molar-refractivity contribution in [1.82, 2.24) is 0 Å². The van der Waals surface area contributed by atoms with Gasteiger partial charge in [-0.2, -0.15) is 0 Å². The number of rotatable bonds is 2. The molecule has 1 fully saturated rings. The topological polar surface area (TPSA) is 0 Å². The number of hydrogen-bond donors (Lipinski definition) is 0. The number of benzene rings is 1. The van der Waals surface area contributed by atoms with Crippen molar-refractivity contribution >= 4 is 0 Å². The minimum Gasteiger partial charge on any atom is -0.0625 e. The van der Waals surface area contributed by atoms with Gasteiger partial charge in [-0.05, 0) is 42.1 Å². The molecule has 0 heterocycles. The Hall–Kier alpha value is -0.780. The molecule has 0 nitrogen and oxygen atoms in total. The summed E-state index contributed by atoms with van der Waals surface area (Å²) in [6.07, 6.45) is 2.77. The summed E-state index contributed by atoms with van der Waals surface area (Å²) in [5, 5.41) is 0. The molecular weight excluding hydrogens is 180 g/mol. The lowest BCUT2D eigenvalue weighted by Crippen LogP contribution is -2.10. The molecule has 2 rings (SSSR count). The second-order valence-electron chi connectivity index (χ2n) is 5.46. The highest BCUT2D eigenvalue weighted by Crippen LogP contribution is 2.45. The quantitative estimate of drug-likeness (QED) is 0.663. The second kappa shape index (κ2) is 4.38. The average Bonchev–Trinajstić information content (AvgIpc) is 2.62. The molecule has 0 N–H and O–H groups in total. The molecule has 1 aromatic rings. The molecule has 3 atom stereocenters. The number of hydrogen-bond acceptors (Lipinski definition) is 0. The molecule has 82 valence electrons. The summed E-state index contributed by atoms with van der Waals surface area (Å²) in [7, 11) is 0. The van der Waals surface area contributed by atoms with E-state index in [1.807, 2.05) is 0 Å². The van der Waals surface area contributed by atoms with Crippen LogP contribution >= 0.6 is 0 Å². The second-order valence-corrected chi connectivity index (χ2v) is 5.46. The normalized spacial score (nSPS) is 31.1. The lowest BCUT2D eigenvalue weighted by molar-refractivity contribution is 0.314. The van der Waals surface area contributed by atoms with Gasteiger partial charge < -0.3 is 0 Å². The molecule has 0 saturated heterocycles. The smallest absolute Gasteiger partial charge is 0.0156 e. The van der Waals surface area contributed by atoms with Crippen LogP contribution in [0, 0.1) is 17.8 Å². The van der Waals surface area contributed by atoms with Crippen molar-refractivity contribution in [3.05, 3.63) is 35.9 Å². The van der Waals surface area contributed by atoms with E-state index in [1.54, 1.807) is 5.56 Å². The van der Waals surface area contributed by atoms with Crippen LogP contribution in [-0.4, -0.2) is 0 Å². The maximum Gasteiger partial charge on any atom is -0.0156 e. The van der Waals surface area contributed by atoms with E-state index in [4.69, 9.17) is 0 Å². The molecule has 0 bridgehead atoms. The molecular formula is C15H22. The molecule has 0 radical (unpaired) electrons. The molecule has 0 spiro atoms. The van der Waals surface area contributed by atoms with Crippen LogP contribution in [0.3, 0.4) is 0 Å². The van der Waals surface area contributed by atoms with Gasteiger partial charge >= 0.3 is 0 Å². The highest BCUT2D eigenvalue weighted by atomic mass is 14.4. The fraction of sp³-hybridized carbons (Fsp3) is 0.600. The first kappa shape index (κ1) is 10.7. The van der Waals surface area contributed by atoms with Crippen molar-refractivity contribution in [3.8, 4) is 0 Å². The maximum absolute atomic E-state index is 2.42. The highest BCUT2D eigenvalue weighted by molar-refractivity contribution is 5.21. The average molecular weight is 202 g/mol. The lowest BCUT2D eigenvalue weighted by Gasteiger charge is -2.18. The highest BCUT2D eigenvalue weighted by Gasteiger charge is 2.33. The summed E-state index contributed by atoms with van der Waals surface area (Å²) in [6, 6.07) is 11.0. The predicted molar refractivity (Wildman–Crippen MR) is 65.9 cm³/mol. The minimum absolute atomic E-state index is 0.814. The van der Waals surface area contributed by atoms with Gasteiger partial charge in [0.25, 0.3) is 0 Å². The van der Waals surface area contributed by atoms with Crippen LogP contribution in [0.2, 0.25) is 0 Å². The summed E-state index contributed by atoms with van der Waals surface area (Å²) in [4.78, 5) is 0. The first-order valence-electron chi connectivity index (χ1n) is 6.23. The van der Waals surface area contributed by atoms with E-state index in [9.17, 15) is 0 Å². The first-order valence-corrected chi connectivity index (χ1v) is 6.23. The van der Waals surface area contributed by atoms with E-state index in [1.165, 1.54) is 12.8 Å².